The number of hydrogen-bond donors (Lipinski definition) is 2. The van der Waals surface area contributed by atoms with Crippen LogP contribution in [0.2, 0.25) is 0 Å². The fourth-order valence-corrected chi connectivity index (χ4v) is 1.66. The molecule has 0 saturated carbocycles. The molecule has 2 N–H and O–H groups in total. The van der Waals surface area contributed by atoms with Crippen LogP contribution in [0.25, 0.3) is 12.2 Å². The number of aromatic hydroxyl groups is 2. The van der Waals surface area contributed by atoms with Gasteiger partial charge in [-0.25, -0.2) is 0 Å². The number of phenols is 2. The van der Waals surface area contributed by atoms with Crippen LogP contribution < -0.4 is 0 Å². The van der Waals surface area contributed by atoms with E-state index in [4.69, 9.17) is 0 Å². The molecule has 0 aliphatic carbocycles. The van der Waals surface area contributed by atoms with Crippen molar-refractivity contribution in [2.75, 3.05) is 0 Å². The van der Waals surface area contributed by atoms with Crippen molar-refractivity contribution in [1.82, 2.24) is 0 Å². The van der Waals surface area contributed by atoms with Crippen LogP contribution in [-0.4, -0.2) is 16.0 Å². The topological polar surface area (TPSA) is 57.5 Å². The van der Waals surface area contributed by atoms with Crippen molar-refractivity contribution < 1.29 is 15.0 Å². The van der Waals surface area contributed by atoms with E-state index in [9.17, 15) is 15.0 Å². The number of allylic oxidation sites excluding steroid dienone is 2. The van der Waals surface area contributed by atoms with Crippen molar-refractivity contribution in [3.05, 3.63) is 71.8 Å². The maximum atomic E-state index is 11.7. The number of carbonyl (C=O) groups is 1. The van der Waals surface area contributed by atoms with E-state index in [1.54, 1.807) is 60.7 Å². The van der Waals surface area contributed by atoms with Gasteiger partial charge in [-0.2, -0.15) is 0 Å². The smallest absolute Gasteiger partial charge is 0.178 e. The molecule has 0 aliphatic rings. The maximum Gasteiger partial charge on any atom is 0.178 e. The molecule has 0 aromatic heterocycles. The first-order valence-electron chi connectivity index (χ1n) is 6.13. The molecule has 2 aromatic carbocycles. The van der Waals surface area contributed by atoms with Gasteiger partial charge in [0.25, 0.3) is 0 Å². The van der Waals surface area contributed by atoms with Gasteiger partial charge in [0, 0.05) is 11.1 Å². The largest absolute Gasteiger partial charge is 0.507 e. The SMILES string of the molecule is O=C(/C=C\c1ccccc1O)/C=C/c1ccccc1O. The second-order valence-corrected chi connectivity index (χ2v) is 4.19. The van der Waals surface area contributed by atoms with Crippen molar-refractivity contribution in [3.8, 4) is 11.5 Å². The van der Waals surface area contributed by atoms with Gasteiger partial charge >= 0.3 is 0 Å². The fourth-order valence-electron chi connectivity index (χ4n) is 1.66. The molecule has 0 saturated heterocycles. The molecule has 0 atom stereocenters. The first kappa shape index (κ1) is 13.6. The third-order valence-electron chi connectivity index (χ3n) is 2.73. The van der Waals surface area contributed by atoms with Gasteiger partial charge in [0.1, 0.15) is 11.5 Å². The summed E-state index contributed by atoms with van der Waals surface area (Å²) in [4.78, 5) is 11.7. The quantitative estimate of drug-likeness (QED) is 0.834. The summed E-state index contributed by atoms with van der Waals surface area (Å²) in [6.45, 7) is 0. The van der Waals surface area contributed by atoms with Crippen molar-refractivity contribution >= 4 is 17.9 Å². The molecule has 0 amide bonds. The number of phenolic OH excluding ortho intramolecular Hbond substituents is 2. The molecule has 2 rings (SSSR count). The predicted molar refractivity (Wildman–Crippen MR) is 79.3 cm³/mol. The standard InChI is InChI=1S/C17H14O3/c18-15(11-9-13-5-1-3-7-16(13)19)12-10-14-6-2-4-8-17(14)20/h1-12,19-20H/b11-9-,12-10+. The first-order valence-corrected chi connectivity index (χ1v) is 6.13. The number of rotatable bonds is 4. The maximum absolute atomic E-state index is 11.7. The van der Waals surface area contributed by atoms with Crippen LogP contribution in [-0.2, 0) is 4.79 Å². The third kappa shape index (κ3) is 3.59. The zero-order valence-corrected chi connectivity index (χ0v) is 10.7. The van der Waals surface area contributed by atoms with Gasteiger partial charge in [-0.05, 0) is 36.4 Å². The summed E-state index contributed by atoms with van der Waals surface area (Å²) in [5.41, 5.74) is 1.16. The zero-order chi connectivity index (χ0) is 14.4. The van der Waals surface area contributed by atoms with Crippen LogP contribution >= 0.6 is 0 Å². The van der Waals surface area contributed by atoms with Crippen LogP contribution in [0, 0.1) is 0 Å². The summed E-state index contributed by atoms with van der Waals surface area (Å²) >= 11 is 0. The normalized spacial score (nSPS) is 11.2. The Kier molecular flexibility index (Phi) is 4.35. The van der Waals surface area contributed by atoms with E-state index >= 15 is 0 Å². The van der Waals surface area contributed by atoms with E-state index < -0.39 is 0 Å². The average Bonchev–Trinajstić information content (AvgIpc) is 2.45. The highest BCUT2D eigenvalue weighted by atomic mass is 16.3. The molecule has 0 spiro atoms. The van der Waals surface area contributed by atoms with Gasteiger partial charge in [0.15, 0.2) is 5.78 Å². The predicted octanol–water partition coefficient (Wildman–Crippen LogP) is 3.39. The Morgan fingerprint density at radius 1 is 0.750 bits per heavy atom. The van der Waals surface area contributed by atoms with E-state index in [0.717, 1.165) is 0 Å². The molecule has 3 nitrogen and oxygen atoms in total. The Morgan fingerprint density at radius 2 is 1.15 bits per heavy atom. The summed E-state index contributed by atoms with van der Waals surface area (Å²) in [5.74, 6) is 0.0268. The minimum atomic E-state index is -0.225. The molecule has 0 fully saturated rings. The number of ketones is 1. The van der Waals surface area contributed by atoms with Gasteiger partial charge in [0.2, 0.25) is 0 Å². The summed E-state index contributed by atoms with van der Waals surface area (Å²) in [5, 5.41) is 19.1. The number of carbonyl (C=O) groups excluding carboxylic acids is 1. The molecule has 2 aromatic rings. The highest BCUT2D eigenvalue weighted by Crippen LogP contribution is 2.18. The lowest BCUT2D eigenvalue weighted by Gasteiger charge is -1.97. The number of para-hydroxylation sites is 2. The lowest BCUT2D eigenvalue weighted by Crippen LogP contribution is -1.85. The Labute approximate surface area is 117 Å². The minimum absolute atomic E-state index is 0.126. The first-order chi connectivity index (χ1) is 9.66. The molecule has 100 valence electrons. The zero-order valence-electron chi connectivity index (χ0n) is 10.7. The minimum Gasteiger partial charge on any atom is -0.507 e. The van der Waals surface area contributed by atoms with Gasteiger partial charge in [0.05, 0.1) is 0 Å². The molecular formula is C17H14O3. The average molecular weight is 266 g/mol. The van der Waals surface area contributed by atoms with E-state index in [2.05, 4.69) is 0 Å². The van der Waals surface area contributed by atoms with Crippen LogP contribution in [0.15, 0.2) is 60.7 Å². The van der Waals surface area contributed by atoms with Crippen molar-refractivity contribution in [2.45, 2.75) is 0 Å². The highest BCUT2D eigenvalue weighted by Gasteiger charge is 1.97. The van der Waals surface area contributed by atoms with E-state index in [1.165, 1.54) is 12.2 Å². The molecule has 0 bridgehead atoms. The summed E-state index contributed by atoms with van der Waals surface area (Å²) in [6, 6.07) is 13.5. The van der Waals surface area contributed by atoms with Gasteiger partial charge in [-0.15, -0.1) is 0 Å². The van der Waals surface area contributed by atoms with Gasteiger partial charge < -0.3 is 10.2 Å². The molecule has 0 unspecified atom stereocenters. The number of hydrogen-bond acceptors (Lipinski definition) is 3. The Morgan fingerprint density at radius 3 is 1.55 bits per heavy atom. The van der Waals surface area contributed by atoms with Gasteiger partial charge in [-0.3, -0.25) is 4.79 Å². The Bertz CT molecular complexity index is 612. The Balaban J connectivity index is 2.07. The number of benzene rings is 2. The summed E-state index contributed by atoms with van der Waals surface area (Å²) < 4.78 is 0. The van der Waals surface area contributed by atoms with E-state index in [1.807, 2.05) is 0 Å². The van der Waals surface area contributed by atoms with E-state index in [-0.39, 0.29) is 17.3 Å². The molecule has 0 radical (unpaired) electrons. The third-order valence-corrected chi connectivity index (χ3v) is 2.73. The van der Waals surface area contributed by atoms with Gasteiger partial charge in [-0.1, -0.05) is 36.4 Å². The van der Waals surface area contributed by atoms with Crippen molar-refractivity contribution in [2.24, 2.45) is 0 Å². The monoisotopic (exact) mass is 266 g/mol. The van der Waals surface area contributed by atoms with Crippen LogP contribution in [0.3, 0.4) is 0 Å². The lowest BCUT2D eigenvalue weighted by molar-refractivity contribution is -0.110. The Hall–Kier alpha value is -2.81. The van der Waals surface area contributed by atoms with Crippen LogP contribution in [0.4, 0.5) is 0 Å². The second-order valence-electron chi connectivity index (χ2n) is 4.19. The molecule has 3 heteroatoms. The molecule has 20 heavy (non-hydrogen) atoms. The van der Waals surface area contributed by atoms with Crippen LogP contribution in [0.5, 0.6) is 11.5 Å². The summed E-state index contributed by atoms with van der Waals surface area (Å²) in [7, 11) is 0. The summed E-state index contributed by atoms with van der Waals surface area (Å²) in [6.07, 6.45) is 5.83. The van der Waals surface area contributed by atoms with Crippen molar-refractivity contribution in [3.63, 3.8) is 0 Å². The molecule has 0 aliphatic heterocycles. The van der Waals surface area contributed by atoms with E-state index in [0.29, 0.717) is 11.1 Å². The van der Waals surface area contributed by atoms with Crippen LogP contribution in [0.1, 0.15) is 11.1 Å². The second kappa shape index (κ2) is 6.38. The molecule has 0 heterocycles. The molecular weight excluding hydrogens is 252 g/mol. The highest BCUT2D eigenvalue weighted by molar-refractivity contribution is 6.04. The fraction of sp³-hybridized carbons (Fsp3) is 0. The van der Waals surface area contributed by atoms with Crippen molar-refractivity contribution in [1.29, 1.82) is 0 Å². The lowest BCUT2D eigenvalue weighted by atomic mass is 10.1.